The Morgan fingerprint density at radius 3 is 3.05 bits per heavy atom. The van der Waals surface area contributed by atoms with Gasteiger partial charge in [-0.1, -0.05) is 25.1 Å². The van der Waals surface area contributed by atoms with Crippen LogP contribution < -0.4 is 10.1 Å². The van der Waals surface area contributed by atoms with E-state index in [-0.39, 0.29) is 0 Å². The highest BCUT2D eigenvalue weighted by molar-refractivity contribution is 7.07. The number of hydrogen-bond donors (Lipinski definition) is 1. The van der Waals surface area contributed by atoms with Gasteiger partial charge in [0.2, 0.25) is 0 Å². The summed E-state index contributed by atoms with van der Waals surface area (Å²) < 4.78 is 5.82. The third-order valence-electron chi connectivity index (χ3n) is 4.18. The molecule has 0 spiro atoms. The van der Waals surface area contributed by atoms with E-state index in [9.17, 15) is 0 Å². The summed E-state index contributed by atoms with van der Waals surface area (Å²) in [6.45, 7) is 4.14. The van der Waals surface area contributed by atoms with Gasteiger partial charge < -0.3 is 10.1 Å². The molecule has 0 fully saturated rings. The Hall–Kier alpha value is -1.32. The fraction of sp³-hybridized carbons (Fsp3) is 0.444. The molecule has 2 aromatic rings. The van der Waals surface area contributed by atoms with Gasteiger partial charge in [-0.25, -0.2) is 0 Å². The van der Waals surface area contributed by atoms with Crippen LogP contribution in [0.1, 0.15) is 36.8 Å². The van der Waals surface area contributed by atoms with Crippen molar-refractivity contribution in [3.63, 3.8) is 0 Å². The SMILES string of the molecule is CCCNC(Cc1ccsc1)C1CCOc2ccccc21. The van der Waals surface area contributed by atoms with Gasteiger partial charge in [0.05, 0.1) is 6.61 Å². The zero-order valence-electron chi connectivity index (χ0n) is 12.5. The van der Waals surface area contributed by atoms with Crippen LogP contribution >= 0.6 is 11.3 Å². The van der Waals surface area contributed by atoms with Crippen LogP contribution in [0, 0.1) is 0 Å². The Morgan fingerprint density at radius 2 is 2.24 bits per heavy atom. The number of benzene rings is 1. The minimum absolute atomic E-state index is 0.490. The van der Waals surface area contributed by atoms with Crippen LogP contribution in [0.2, 0.25) is 0 Å². The fourth-order valence-electron chi connectivity index (χ4n) is 3.14. The van der Waals surface area contributed by atoms with Crippen LogP contribution in [0.4, 0.5) is 0 Å². The molecule has 0 saturated heterocycles. The average Bonchev–Trinajstić information content (AvgIpc) is 3.04. The topological polar surface area (TPSA) is 21.3 Å². The van der Waals surface area contributed by atoms with E-state index in [2.05, 4.69) is 53.3 Å². The first-order valence-electron chi connectivity index (χ1n) is 7.84. The lowest BCUT2D eigenvalue weighted by molar-refractivity contribution is 0.244. The zero-order valence-corrected chi connectivity index (χ0v) is 13.4. The first kappa shape index (κ1) is 14.6. The molecular formula is C18H23NOS. The van der Waals surface area contributed by atoms with Crippen molar-refractivity contribution in [2.45, 2.75) is 38.1 Å². The van der Waals surface area contributed by atoms with Gasteiger partial charge in [0, 0.05) is 12.0 Å². The molecule has 0 bridgehead atoms. The molecule has 2 unspecified atom stereocenters. The number of rotatable bonds is 6. The highest BCUT2D eigenvalue weighted by Gasteiger charge is 2.28. The van der Waals surface area contributed by atoms with Crippen LogP contribution in [0.3, 0.4) is 0 Å². The van der Waals surface area contributed by atoms with E-state index in [0.29, 0.717) is 12.0 Å². The van der Waals surface area contributed by atoms with Crippen LogP contribution in [0.15, 0.2) is 41.1 Å². The molecule has 0 radical (unpaired) electrons. The van der Waals surface area contributed by atoms with E-state index in [1.54, 1.807) is 11.3 Å². The smallest absolute Gasteiger partial charge is 0.122 e. The summed E-state index contributed by atoms with van der Waals surface area (Å²) in [6.07, 6.45) is 3.37. The summed E-state index contributed by atoms with van der Waals surface area (Å²) in [5.41, 5.74) is 2.81. The van der Waals surface area contributed by atoms with Crippen molar-refractivity contribution in [1.29, 1.82) is 0 Å². The molecule has 3 rings (SSSR count). The van der Waals surface area contributed by atoms with E-state index in [4.69, 9.17) is 4.74 Å². The Balaban J connectivity index is 1.82. The first-order chi connectivity index (χ1) is 10.4. The van der Waals surface area contributed by atoms with Gasteiger partial charge in [0.15, 0.2) is 0 Å². The van der Waals surface area contributed by atoms with Gasteiger partial charge in [-0.2, -0.15) is 11.3 Å². The van der Waals surface area contributed by atoms with Crippen LogP contribution in [0.25, 0.3) is 0 Å². The molecule has 1 aliphatic heterocycles. The Labute approximate surface area is 131 Å². The fourth-order valence-corrected chi connectivity index (χ4v) is 3.82. The summed E-state index contributed by atoms with van der Waals surface area (Å²) in [6, 6.07) is 11.3. The molecule has 3 heteroatoms. The number of fused-ring (bicyclic) bond motifs is 1. The number of para-hydroxylation sites is 1. The van der Waals surface area contributed by atoms with Crippen LogP contribution in [-0.2, 0) is 6.42 Å². The van der Waals surface area contributed by atoms with Crippen LogP contribution in [-0.4, -0.2) is 19.2 Å². The van der Waals surface area contributed by atoms with Gasteiger partial charge in [-0.05, 0) is 59.8 Å². The summed E-state index contributed by atoms with van der Waals surface area (Å²) in [4.78, 5) is 0. The van der Waals surface area contributed by atoms with Crippen molar-refractivity contribution in [2.24, 2.45) is 0 Å². The van der Waals surface area contributed by atoms with Gasteiger partial charge in [0.1, 0.15) is 5.75 Å². The van der Waals surface area contributed by atoms with E-state index >= 15 is 0 Å². The quantitative estimate of drug-likeness (QED) is 0.862. The number of thiophene rings is 1. The lowest BCUT2D eigenvalue weighted by Gasteiger charge is -2.33. The second-order valence-corrected chi connectivity index (χ2v) is 6.46. The standard InChI is InChI=1S/C18H23NOS/c1-2-9-19-17(12-14-8-11-21-13-14)15-7-10-20-18-6-4-3-5-16(15)18/h3-6,8,11,13,15,17,19H,2,7,9-10,12H2,1H3. The van der Waals surface area contributed by atoms with Gasteiger partial charge >= 0.3 is 0 Å². The minimum Gasteiger partial charge on any atom is -0.493 e. The Bertz CT molecular complexity index is 552. The monoisotopic (exact) mass is 301 g/mol. The van der Waals surface area contributed by atoms with E-state index in [1.807, 2.05) is 0 Å². The predicted octanol–water partition coefficient (Wildman–Crippen LogP) is 4.23. The molecule has 112 valence electrons. The molecule has 21 heavy (non-hydrogen) atoms. The normalized spacial score (nSPS) is 18.8. The highest BCUT2D eigenvalue weighted by atomic mass is 32.1. The van der Waals surface area contributed by atoms with Gasteiger partial charge in [-0.3, -0.25) is 0 Å². The summed E-state index contributed by atoms with van der Waals surface area (Å²) >= 11 is 1.79. The van der Waals surface area contributed by atoms with E-state index < -0.39 is 0 Å². The molecule has 0 aliphatic carbocycles. The van der Waals surface area contributed by atoms with Crippen molar-refractivity contribution in [1.82, 2.24) is 5.32 Å². The van der Waals surface area contributed by atoms with Gasteiger partial charge in [0.25, 0.3) is 0 Å². The predicted molar refractivity (Wildman–Crippen MR) is 89.4 cm³/mol. The van der Waals surface area contributed by atoms with Crippen molar-refractivity contribution in [3.8, 4) is 5.75 Å². The third kappa shape index (κ3) is 3.47. The molecule has 1 aromatic carbocycles. The minimum atomic E-state index is 0.490. The maximum Gasteiger partial charge on any atom is 0.122 e. The van der Waals surface area contributed by atoms with Crippen molar-refractivity contribution >= 4 is 11.3 Å². The molecule has 1 N–H and O–H groups in total. The molecular weight excluding hydrogens is 278 g/mol. The zero-order chi connectivity index (χ0) is 14.5. The molecule has 0 amide bonds. The molecule has 2 nitrogen and oxygen atoms in total. The lowest BCUT2D eigenvalue weighted by Crippen LogP contribution is -2.39. The summed E-state index contributed by atoms with van der Waals surface area (Å²) in [5.74, 6) is 1.61. The Kier molecular flexibility index (Phi) is 4.94. The lowest BCUT2D eigenvalue weighted by atomic mass is 9.84. The summed E-state index contributed by atoms with van der Waals surface area (Å²) in [5, 5.41) is 8.21. The molecule has 0 saturated carbocycles. The molecule has 2 heterocycles. The number of hydrogen-bond acceptors (Lipinski definition) is 3. The molecule has 2 atom stereocenters. The van der Waals surface area contributed by atoms with Crippen molar-refractivity contribution in [2.75, 3.05) is 13.2 Å². The number of ether oxygens (including phenoxy) is 1. The molecule has 1 aliphatic rings. The maximum atomic E-state index is 5.82. The van der Waals surface area contributed by atoms with Crippen LogP contribution in [0.5, 0.6) is 5.75 Å². The van der Waals surface area contributed by atoms with Crippen molar-refractivity contribution in [3.05, 3.63) is 52.2 Å². The van der Waals surface area contributed by atoms with Gasteiger partial charge in [-0.15, -0.1) is 0 Å². The first-order valence-corrected chi connectivity index (χ1v) is 8.79. The average molecular weight is 301 g/mol. The van der Waals surface area contributed by atoms with Crippen molar-refractivity contribution < 1.29 is 4.74 Å². The number of nitrogens with one attached hydrogen (secondary N) is 1. The second kappa shape index (κ2) is 7.10. The highest BCUT2D eigenvalue weighted by Crippen LogP contribution is 2.36. The summed E-state index contributed by atoms with van der Waals surface area (Å²) in [7, 11) is 0. The third-order valence-corrected chi connectivity index (χ3v) is 4.91. The Morgan fingerprint density at radius 1 is 1.33 bits per heavy atom. The van der Waals surface area contributed by atoms with E-state index in [1.165, 1.54) is 17.5 Å². The second-order valence-electron chi connectivity index (χ2n) is 5.68. The molecule has 1 aromatic heterocycles. The van der Waals surface area contributed by atoms with E-state index in [0.717, 1.165) is 31.7 Å². The largest absolute Gasteiger partial charge is 0.493 e. The maximum absolute atomic E-state index is 5.82.